The maximum absolute atomic E-state index is 12.0. The molecule has 10 nitrogen and oxygen atoms in total. The number of anilines is 1. The van der Waals surface area contributed by atoms with E-state index in [-0.39, 0.29) is 0 Å². The second kappa shape index (κ2) is 9.60. The first kappa shape index (κ1) is 21.8. The van der Waals surface area contributed by atoms with E-state index in [0.29, 0.717) is 5.69 Å². The van der Waals surface area contributed by atoms with Gasteiger partial charge >= 0.3 is 11.9 Å². The molecule has 0 aliphatic carbocycles. The lowest BCUT2D eigenvalue weighted by atomic mass is 9.98. The molecule has 1 aromatic carbocycles. The van der Waals surface area contributed by atoms with Crippen molar-refractivity contribution in [1.29, 1.82) is 0 Å². The highest BCUT2D eigenvalue weighted by molar-refractivity contribution is 5.89. The molecule has 0 spiro atoms. The largest absolute Gasteiger partial charge is 0.456 e. The van der Waals surface area contributed by atoms with E-state index < -0.39 is 55.2 Å². The molecule has 0 unspecified atom stereocenters. The van der Waals surface area contributed by atoms with Crippen LogP contribution in [-0.2, 0) is 33.4 Å². The van der Waals surface area contributed by atoms with Crippen LogP contribution in [0.15, 0.2) is 30.3 Å². The Morgan fingerprint density at radius 3 is 2.11 bits per heavy atom. The molecule has 1 aromatic rings. The summed E-state index contributed by atoms with van der Waals surface area (Å²) >= 11 is 0. The van der Waals surface area contributed by atoms with Crippen molar-refractivity contribution in [2.45, 2.75) is 51.5 Å². The Morgan fingerprint density at radius 1 is 1.04 bits per heavy atom. The summed E-state index contributed by atoms with van der Waals surface area (Å²) in [5, 5.41) is 21.1. The van der Waals surface area contributed by atoms with E-state index in [1.807, 2.05) is 0 Å². The van der Waals surface area contributed by atoms with Crippen LogP contribution in [0.2, 0.25) is 0 Å². The van der Waals surface area contributed by atoms with Gasteiger partial charge in [-0.1, -0.05) is 18.2 Å². The minimum atomic E-state index is -1.61. The van der Waals surface area contributed by atoms with E-state index in [1.165, 1.54) is 6.92 Å². The standard InChI is InChI=1S/C18H23NO9/c1-10(21)19(13-7-5-4-6-8-13)28-18-15(24)17(26-12(3)23)16(25-11(2)22)14(9-20)27-18/h4-8,14-18,20,24H,9H2,1-3H3/t14-,15-,16-,17-,18+/m1/s1. The molecule has 1 aliphatic heterocycles. The number of nitrogens with zero attached hydrogens (tertiary/aromatic N) is 1. The lowest BCUT2D eigenvalue weighted by molar-refractivity contribution is -0.306. The van der Waals surface area contributed by atoms with Crippen molar-refractivity contribution < 1.29 is 43.6 Å². The van der Waals surface area contributed by atoms with Gasteiger partial charge in [-0.25, -0.2) is 4.84 Å². The Bertz CT molecular complexity index is 696. The molecule has 5 atom stereocenters. The Hall–Kier alpha value is -2.53. The fourth-order valence-corrected chi connectivity index (χ4v) is 2.77. The SMILES string of the molecule is CC(=O)O[C@@H]1[C@@H](O)[C@H](ON(C(C)=O)c2ccccc2)O[C@H](CO)[C@H]1OC(C)=O. The van der Waals surface area contributed by atoms with Crippen LogP contribution in [0, 0.1) is 0 Å². The van der Waals surface area contributed by atoms with Gasteiger partial charge in [-0.15, -0.1) is 0 Å². The Balaban J connectivity index is 2.29. The number of esters is 2. The fourth-order valence-electron chi connectivity index (χ4n) is 2.77. The number of amides is 1. The van der Waals surface area contributed by atoms with Gasteiger partial charge in [-0.2, -0.15) is 5.06 Å². The van der Waals surface area contributed by atoms with Crippen molar-refractivity contribution in [3.05, 3.63) is 30.3 Å². The van der Waals surface area contributed by atoms with Crippen LogP contribution in [0.3, 0.4) is 0 Å². The Labute approximate surface area is 161 Å². The minimum Gasteiger partial charge on any atom is -0.456 e. The zero-order valence-corrected chi connectivity index (χ0v) is 15.7. The van der Waals surface area contributed by atoms with Gasteiger partial charge in [0.15, 0.2) is 12.2 Å². The molecule has 1 saturated heterocycles. The third kappa shape index (κ3) is 5.26. The van der Waals surface area contributed by atoms with Gasteiger partial charge in [0.1, 0.15) is 12.2 Å². The van der Waals surface area contributed by atoms with Gasteiger partial charge in [0.25, 0.3) is 0 Å². The number of aliphatic hydroxyl groups excluding tert-OH is 2. The summed E-state index contributed by atoms with van der Waals surface area (Å²) in [5.74, 6) is -1.97. The molecule has 2 N–H and O–H groups in total. The summed E-state index contributed by atoms with van der Waals surface area (Å²) in [6, 6.07) is 8.32. The van der Waals surface area contributed by atoms with Crippen LogP contribution in [0.25, 0.3) is 0 Å². The van der Waals surface area contributed by atoms with E-state index >= 15 is 0 Å². The number of carbonyl (C=O) groups is 3. The van der Waals surface area contributed by atoms with Gasteiger partial charge in [0, 0.05) is 20.8 Å². The van der Waals surface area contributed by atoms with Crippen molar-refractivity contribution in [3.63, 3.8) is 0 Å². The number of rotatable bonds is 6. The Kier molecular flexibility index (Phi) is 7.46. The first-order chi connectivity index (χ1) is 13.2. The number of hydrogen-bond donors (Lipinski definition) is 2. The summed E-state index contributed by atoms with van der Waals surface area (Å²) in [6.07, 6.45) is -6.89. The molecular weight excluding hydrogens is 374 g/mol. The summed E-state index contributed by atoms with van der Waals surface area (Å²) in [7, 11) is 0. The number of hydroxylamine groups is 1. The first-order valence-corrected chi connectivity index (χ1v) is 8.56. The summed E-state index contributed by atoms with van der Waals surface area (Å²) in [5.41, 5.74) is 0.373. The third-order valence-electron chi connectivity index (χ3n) is 3.88. The summed E-state index contributed by atoms with van der Waals surface area (Å²) in [6.45, 7) is 2.87. The molecule has 0 saturated carbocycles. The van der Waals surface area contributed by atoms with Crippen LogP contribution in [0.1, 0.15) is 20.8 Å². The number of ether oxygens (including phenoxy) is 3. The number of carbonyl (C=O) groups excluding carboxylic acids is 3. The predicted molar refractivity (Wildman–Crippen MR) is 93.5 cm³/mol. The molecule has 1 fully saturated rings. The van der Waals surface area contributed by atoms with Crippen LogP contribution < -0.4 is 5.06 Å². The second-order valence-electron chi connectivity index (χ2n) is 6.12. The summed E-state index contributed by atoms with van der Waals surface area (Å²) in [4.78, 5) is 40.4. The summed E-state index contributed by atoms with van der Waals surface area (Å²) < 4.78 is 15.6. The molecule has 0 bridgehead atoms. The second-order valence-corrected chi connectivity index (χ2v) is 6.12. The number of hydrogen-bond acceptors (Lipinski definition) is 9. The molecule has 1 heterocycles. The Morgan fingerprint density at radius 2 is 1.61 bits per heavy atom. The number of benzene rings is 1. The molecule has 2 rings (SSSR count). The van der Waals surface area contributed by atoms with Gasteiger partial charge < -0.3 is 24.4 Å². The van der Waals surface area contributed by atoms with Crippen molar-refractivity contribution in [2.75, 3.05) is 11.7 Å². The smallest absolute Gasteiger partial charge is 0.303 e. The topological polar surface area (TPSA) is 132 Å². The molecule has 1 aliphatic rings. The van der Waals surface area contributed by atoms with E-state index in [9.17, 15) is 24.6 Å². The van der Waals surface area contributed by atoms with Crippen molar-refractivity contribution >= 4 is 23.5 Å². The fraction of sp³-hybridized carbons (Fsp3) is 0.500. The van der Waals surface area contributed by atoms with Gasteiger partial charge in [0.2, 0.25) is 12.2 Å². The predicted octanol–water partition coefficient (Wildman–Crippen LogP) is -0.0874. The third-order valence-corrected chi connectivity index (χ3v) is 3.88. The normalized spacial score (nSPS) is 27.0. The molecule has 10 heteroatoms. The molecule has 1 amide bonds. The molecular formula is C18H23NO9. The van der Waals surface area contributed by atoms with E-state index in [0.717, 1.165) is 18.9 Å². The van der Waals surface area contributed by atoms with Crippen molar-refractivity contribution in [3.8, 4) is 0 Å². The van der Waals surface area contributed by atoms with Crippen LogP contribution in [0.5, 0.6) is 0 Å². The maximum Gasteiger partial charge on any atom is 0.303 e. The van der Waals surface area contributed by atoms with Gasteiger partial charge in [-0.3, -0.25) is 14.4 Å². The van der Waals surface area contributed by atoms with E-state index in [4.69, 9.17) is 19.0 Å². The van der Waals surface area contributed by atoms with Gasteiger partial charge in [-0.05, 0) is 12.1 Å². The highest BCUT2D eigenvalue weighted by Crippen LogP contribution is 2.29. The van der Waals surface area contributed by atoms with E-state index in [1.54, 1.807) is 30.3 Å². The quantitative estimate of drug-likeness (QED) is 0.499. The lowest BCUT2D eigenvalue weighted by Gasteiger charge is -2.43. The zero-order chi connectivity index (χ0) is 20.8. The average molecular weight is 397 g/mol. The lowest BCUT2D eigenvalue weighted by Crippen LogP contribution is -2.62. The highest BCUT2D eigenvalue weighted by atomic mass is 16.8. The van der Waals surface area contributed by atoms with Crippen LogP contribution in [-0.4, -0.2) is 65.4 Å². The first-order valence-electron chi connectivity index (χ1n) is 8.56. The van der Waals surface area contributed by atoms with Gasteiger partial charge in [0.05, 0.1) is 12.3 Å². The maximum atomic E-state index is 12.0. The zero-order valence-electron chi connectivity index (χ0n) is 15.7. The monoisotopic (exact) mass is 397 g/mol. The van der Waals surface area contributed by atoms with Crippen molar-refractivity contribution in [2.24, 2.45) is 0 Å². The van der Waals surface area contributed by atoms with Crippen LogP contribution >= 0.6 is 0 Å². The molecule has 0 radical (unpaired) electrons. The highest BCUT2D eigenvalue weighted by Gasteiger charge is 2.50. The average Bonchev–Trinajstić information content (AvgIpc) is 2.64. The number of para-hydroxylation sites is 1. The molecule has 0 aromatic heterocycles. The molecule has 154 valence electrons. The molecule has 28 heavy (non-hydrogen) atoms. The van der Waals surface area contributed by atoms with Crippen molar-refractivity contribution in [1.82, 2.24) is 0 Å². The van der Waals surface area contributed by atoms with E-state index in [2.05, 4.69) is 0 Å². The minimum absolute atomic E-state index is 0.373. The van der Waals surface area contributed by atoms with Crippen LogP contribution in [0.4, 0.5) is 5.69 Å². The number of aliphatic hydroxyl groups is 2.